The first-order valence-electron chi connectivity index (χ1n) is 9.16. The fourth-order valence-electron chi connectivity index (χ4n) is 3.56. The molecule has 0 saturated heterocycles. The summed E-state index contributed by atoms with van der Waals surface area (Å²) >= 11 is 0. The number of rotatable bonds is 3. The van der Waals surface area contributed by atoms with E-state index in [2.05, 4.69) is 60.7 Å². The minimum absolute atomic E-state index is 0. The van der Waals surface area contributed by atoms with E-state index in [4.69, 9.17) is 9.97 Å². The first kappa shape index (κ1) is 20.2. The van der Waals surface area contributed by atoms with Gasteiger partial charge in [-0.2, -0.15) is 0 Å². The molecule has 5 rings (SSSR count). The topological polar surface area (TPSA) is 88.8 Å². The highest BCUT2D eigenvalue weighted by Gasteiger charge is 2.13. The van der Waals surface area contributed by atoms with E-state index in [9.17, 15) is 0 Å². The highest BCUT2D eigenvalue weighted by atomic mass is 16.0. The molecule has 0 amide bonds. The molecule has 0 atom stereocenters. The SMILES string of the molecule is B(c1ccccc1)c1ccc(-c2ccccc2)c2nc3ccccc3nc12.O.O. The van der Waals surface area contributed by atoms with Gasteiger partial charge < -0.3 is 11.0 Å². The molecule has 4 N–H and O–H groups in total. The van der Waals surface area contributed by atoms with Crippen LogP contribution in [0.1, 0.15) is 0 Å². The van der Waals surface area contributed by atoms with Crippen LogP contribution in [0.25, 0.3) is 33.2 Å². The summed E-state index contributed by atoms with van der Waals surface area (Å²) in [5.74, 6) is 0. The second kappa shape index (κ2) is 8.65. The molecular formula is C24H21BN2O2. The van der Waals surface area contributed by atoms with Gasteiger partial charge in [-0.05, 0) is 17.7 Å². The van der Waals surface area contributed by atoms with E-state index in [1.807, 2.05) is 36.4 Å². The lowest BCUT2D eigenvalue weighted by Gasteiger charge is -2.11. The summed E-state index contributed by atoms with van der Waals surface area (Å²) in [6.07, 6.45) is 0. The zero-order chi connectivity index (χ0) is 18.1. The van der Waals surface area contributed by atoms with Gasteiger partial charge >= 0.3 is 0 Å². The van der Waals surface area contributed by atoms with E-state index in [1.54, 1.807) is 0 Å². The maximum absolute atomic E-state index is 5.00. The Morgan fingerprint density at radius 3 is 1.72 bits per heavy atom. The molecule has 0 spiro atoms. The molecule has 1 aromatic heterocycles. The zero-order valence-electron chi connectivity index (χ0n) is 15.8. The Morgan fingerprint density at radius 2 is 1.07 bits per heavy atom. The molecule has 4 nitrogen and oxygen atoms in total. The van der Waals surface area contributed by atoms with Crippen molar-refractivity contribution in [2.45, 2.75) is 0 Å². The van der Waals surface area contributed by atoms with Crippen molar-refractivity contribution in [3.63, 3.8) is 0 Å². The van der Waals surface area contributed by atoms with Crippen molar-refractivity contribution < 1.29 is 11.0 Å². The van der Waals surface area contributed by atoms with Crippen LogP contribution < -0.4 is 10.9 Å². The summed E-state index contributed by atoms with van der Waals surface area (Å²) in [6.45, 7) is 0. The van der Waals surface area contributed by atoms with Crippen LogP contribution in [0, 0.1) is 0 Å². The molecule has 4 aromatic carbocycles. The summed E-state index contributed by atoms with van der Waals surface area (Å²) in [6, 6.07) is 33.4. The van der Waals surface area contributed by atoms with E-state index >= 15 is 0 Å². The lowest BCUT2D eigenvalue weighted by molar-refractivity contribution is 0.823. The van der Waals surface area contributed by atoms with Gasteiger partial charge in [0.25, 0.3) is 0 Å². The van der Waals surface area contributed by atoms with Crippen LogP contribution in [-0.2, 0) is 0 Å². The van der Waals surface area contributed by atoms with Gasteiger partial charge in [-0.15, -0.1) is 0 Å². The lowest BCUT2D eigenvalue weighted by Crippen LogP contribution is -2.28. The average Bonchev–Trinajstić information content (AvgIpc) is 2.74. The molecule has 0 saturated carbocycles. The summed E-state index contributed by atoms with van der Waals surface area (Å²) < 4.78 is 0. The molecule has 29 heavy (non-hydrogen) atoms. The van der Waals surface area contributed by atoms with Crippen molar-refractivity contribution in [3.05, 3.63) is 97.1 Å². The third kappa shape index (κ3) is 3.87. The van der Waals surface area contributed by atoms with E-state index in [-0.39, 0.29) is 11.0 Å². The monoisotopic (exact) mass is 380 g/mol. The normalized spacial score (nSPS) is 10.2. The first-order chi connectivity index (χ1) is 13.4. The van der Waals surface area contributed by atoms with Crippen LogP contribution in [-0.4, -0.2) is 28.2 Å². The van der Waals surface area contributed by atoms with E-state index in [0.717, 1.165) is 34.9 Å². The number of fused-ring (bicyclic) bond motifs is 2. The largest absolute Gasteiger partial charge is 0.412 e. The predicted octanol–water partition coefficient (Wildman–Crippen LogP) is 2.19. The van der Waals surface area contributed by atoms with Crippen LogP contribution in [0.2, 0.25) is 0 Å². The first-order valence-corrected chi connectivity index (χ1v) is 9.16. The van der Waals surface area contributed by atoms with Gasteiger partial charge in [0.1, 0.15) is 0 Å². The van der Waals surface area contributed by atoms with Crippen molar-refractivity contribution in [1.29, 1.82) is 0 Å². The summed E-state index contributed by atoms with van der Waals surface area (Å²) in [7, 11) is 0.847. The van der Waals surface area contributed by atoms with Crippen molar-refractivity contribution >= 4 is 40.3 Å². The summed E-state index contributed by atoms with van der Waals surface area (Å²) in [4.78, 5) is 9.99. The second-order valence-corrected chi connectivity index (χ2v) is 6.71. The molecule has 0 unspecified atom stereocenters. The highest BCUT2D eigenvalue weighted by molar-refractivity contribution is 6.69. The third-order valence-corrected chi connectivity index (χ3v) is 4.90. The Morgan fingerprint density at radius 1 is 0.517 bits per heavy atom. The maximum Gasteiger partial charge on any atom is 0.195 e. The van der Waals surface area contributed by atoms with Gasteiger partial charge in [-0.1, -0.05) is 95.9 Å². The number of nitrogens with zero attached hydrogens (tertiary/aromatic N) is 2. The number of aromatic nitrogens is 2. The van der Waals surface area contributed by atoms with Gasteiger partial charge in [0.05, 0.1) is 22.1 Å². The zero-order valence-corrected chi connectivity index (χ0v) is 15.8. The Balaban J connectivity index is 0.00000120. The van der Waals surface area contributed by atoms with Crippen molar-refractivity contribution in [2.75, 3.05) is 0 Å². The van der Waals surface area contributed by atoms with Gasteiger partial charge in [0, 0.05) is 5.56 Å². The van der Waals surface area contributed by atoms with E-state index in [1.165, 1.54) is 16.5 Å². The van der Waals surface area contributed by atoms with Crippen molar-refractivity contribution in [2.24, 2.45) is 0 Å². The molecule has 1 heterocycles. The van der Waals surface area contributed by atoms with Crippen LogP contribution in [0.4, 0.5) is 0 Å². The second-order valence-electron chi connectivity index (χ2n) is 6.71. The quantitative estimate of drug-likeness (QED) is 0.355. The smallest absolute Gasteiger partial charge is 0.195 e. The number of hydrogen-bond donors (Lipinski definition) is 0. The lowest BCUT2D eigenvalue weighted by atomic mass is 9.63. The van der Waals surface area contributed by atoms with Crippen LogP contribution in [0.5, 0.6) is 0 Å². The van der Waals surface area contributed by atoms with Crippen molar-refractivity contribution in [3.8, 4) is 11.1 Å². The Bertz CT molecular complexity index is 1250. The fraction of sp³-hybridized carbons (Fsp3) is 0. The summed E-state index contributed by atoms with van der Waals surface area (Å²) in [5, 5.41) is 0. The Labute approximate surface area is 169 Å². The van der Waals surface area contributed by atoms with Crippen LogP contribution in [0.3, 0.4) is 0 Å². The molecule has 0 radical (unpaired) electrons. The molecule has 0 aliphatic rings. The van der Waals surface area contributed by atoms with Crippen LogP contribution in [0.15, 0.2) is 97.1 Å². The molecule has 0 aliphatic heterocycles. The number of para-hydroxylation sites is 2. The molecule has 5 aromatic rings. The number of benzene rings is 4. The third-order valence-electron chi connectivity index (χ3n) is 4.90. The average molecular weight is 380 g/mol. The highest BCUT2D eigenvalue weighted by Crippen LogP contribution is 2.27. The van der Waals surface area contributed by atoms with Gasteiger partial charge in [0.2, 0.25) is 0 Å². The maximum atomic E-state index is 5.00. The molecule has 0 bridgehead atoms. The predicted molar refractivity (Wildman–Crippen MR) is 123 cm³/mol. The van der Waals surface area contributed by atoms with Crippen LogP contribution >= 0.6 is 0 Å². The van der Waals surface area contributed by atoms with Crippen molar-refractivity contribution in [1.82, 2.24) is 9.97 Å². The standard InChI is InChI=1S/C24H17BN2.2H2O/c1-3-9-17(10-4-1)19-15-16-20(25-18-11-5-2-6-12-18)24-23(19)26-21-13-7-8-14-22(21)27-24;;/h1-16,25H;2*1H2. The Hall–Kier alpha value is -3.54. The molecule has 142 valence electrons. The molecule has 5 heteroatoms. The number of hydrogen-bond acceptors (Lipinski definition) is 2. The molecular weight excluding hydrogens is 359 g/mol. The van der Waals surface area contributed by atoms with Gasteiger partial charge in [0.15, 0.2) is 7.28 Å². The fourth-order valence-corrected chi connectivity index (χ4v) is 3.56. The van der Waals surface area contributed by atoms with Gasteiger partial charge in [-0.3, -0.25) is 0 Å². The summed E-state index contributed by atoms with van der Waals surface area (Å²) in [5.41, 5.74) is 8.59. The van der Waals surface area contributed by atoms with E-state index in [0.29, 0.717) is 0 Å². The minimum atomic E-state index is 0. The minimum Gasteiger partial charge on any atom is -0.412 e. The van der Waals surface area contributed by atoms with Gasteiger partial charge in [-0.25, -0.2) is 9.97 Å². The molecule has 0 aliphatic carbocycles. The molecule has 0 fully saturated rings. The Kier molecular flexibility index (Phi) is 6.03. The van der Waals surface area contributed by atoms with E-state index < -0.39 is 0 Å².